The summed E-state index contributed by atoms with van der Waals surface area (Å²) in [5.74, 6) is -0.678. The standard InChI is InChI=1S/C15H29IN4O6/c1-12(17)15(23)20-11-14(22)19-3-5-25-7-9-26-8-6-24-4-2-18-13(21)10-16/h12H,2-11,17H2,1H3,(H,18,21)(H,19,22)(H,20,23)/t12-/m1/s1. The van der Waals surface area contributed by atoms with Crippen LogP contribution < -0.4 is 21.7 Å². The molecular weight excluding hydrogens is 459 g/mol. The van der Waals surface area contributed by atoms with E-state index in [-0.39, 0.29) is 24.3 Å². The molecule has 0 aromatic rings. The van der Waals surface area contributed by atoms with Gasteiger partial charge in [-0.1, -0.05) is 22.6 Å². The molecule has 26 heavy (non-hydrogen) atoms. The van der Waals surface area contributed by atoms with Gasteiger partial charge in [0.25, 0.3) is 0 Å². The van der Waals surface area contributed by atoms with Gasteiger partial charge >= 0.3 is 0 Å². The average Bonchev–Trinajstić information content (AvgIpc) is 2.62. The lowest BCUT2D eigenvalue weighted by atomic mass is 10.3. The number of rotatable bonds is 16. The average molecular weight is 488 g/mol. The summed E-state index contributed by atoms with van der Waals surface area (Å²) in [6, 6.07) is -0.641. The minimum Gasteiger partial charge on any atom is -0.377 e. The van der Waals surface area contributed by atoms with Crippen LogP contribution in [0.4, 0.5) is 0 Å². The maximum atomic E-state index is 11.4. The summed E-state index contributed by atoms with van der Waals surface area (Å²) in [6.45, 7) is 4.80. The van der Waals surface area contributed by atoms with E-state index in [1.807, 2.05) is 22.6 Å². The van der Waals surface area contributed by atoms with Crippen LogP contribution in [0.5, 0.6) is 0 Å². The Bertz CT molecular complexity index is 412. The van der Waals surface area contributed by atoms with Crippen molar-refractivity contribution in [2.24, 2.45) is 5.73 Å². The number of carbonyl (C=O) groups excluding carboxylic acids is 3. The molecule has 0 aliphatic heterocycles. The Morgan fingerprint density at radius 3 is 1.77 bits per heavy atom. The van der Waals surface area contributed by atoms with Gasteiger partial charge in [0, 0.05) is 13.1 Å². The molecule has 0 unspecified atom stereocenters. The van der Waals surface area contributed by atoms with E-state index in [2.05, 4.69) is 16.0 Å². The predicted molar refractivity (Wildman–Crippen MR) is 104 cm³/mol. The highest BCUT2D eigenvalue weighted by Crippen LogP contribution is 1.82. The highest BCUT2D eigenvalue weighted by molar-refractivity contribution is 14.1. The molecule has 0 heterocycles. The second-order valence-corrected chi connectivity index (χ2v) is 5.94. The van der Waals surface area contributed by atoms with E-state index in [1.54, 1.807) is 6.92 Å². The smallest absolute Gasteiger partial charge is 0.239 e. The molecule has 11 heteroatoms. The Morgan fingerprint density at radius 1 is 0.846 bits per heavy atom. The van der Waals surface area contributed by atoms with Crippen molar-refractivity contribution in [2.75, 3.05) is 63.7 Å². The maximum Gasteiger partial charge on any atom is 0.239 e. The third kappa shape index (κ3) is 16.4. The van der Waals surface area contributed by atoms with Crippen molar-refractivity contribution in [2.45, 2.75) is 13.0 Å². The molecular formula is C15H29IN4O6. The molecule has 0 aliphatic carbocycles. The number of hydrogen-bond donors (Lipinski definition) is 4. The molecule has 3 amide bonds. The first kappa shape index (κ1) is 25.0. The Labute approximate surface area is 167 Å². The minimum absolute atomic E-state index is 0.00583. The van der Waals surface area contributed by atoms with Crippen molar-refractivity contribution in [3.05, 3.63) is 0 Å². The van der Waals surface area contributed by atoms with Gasteiger partial charge in [0.2, 0.25) is 17.7 Å². The van der Waals surface area contributed by atoms with Gasteiger partial charge in [-0.2, -0.15) is 0 Å². The molecule has 0 bridgehead atoms. The minimum atomic E-state index is -0.641. The molecule has 0 aromatic carbocycles. The van der Waals surface area contributed by atoms with E-state index < -0.39 is 6.04 Å². The largest absolute Gasteiger partial charge is 0.377 e. The molecule has 5 N–H and O–H groups in total. The van der Waals surface area contributed by atoms with E-state index in [1.165, 1.54) is 0 Å². The molecule has 0 radical (unpaired) electrons. The van der Waals surface area contributed by atoms with Gasteiger partial charge in [0.15, 0.2) is 0 Å². The third-order valence-corrected chi connectivity index (χ3v) is 3.53. The van der Waals surface area contributed by atoms with Gasteiger partial charge in [0.1, 0.15) is 0 Å². The van der Waals surface area contributed by atoms with Gasteiger partial charge < -0.3 is 35.9 Å². The van der Waals surface area contributed by atoms with Crippen LogP contribution >= 0.6 is 22.6 Å². The zero-order valence-electron chi connectivity index (χ0n) is 15.1. The molecule has 10 nitrogen and oxygen atoms in total. The fourth-order valence-corrected chi connectivity index (χ4v) is 1.77. The summed E-state index contributed by atoms with van der Waals surface area (Å²) < 4.78 is 16.3. The lowest BCUT2D eigenvalue weighted by Gasteiger charge is -2.09. The highest BCUT2D eigenvalue weighted by atomic mass is 127. The Kier molecular flexibility index (Phi) is 16.7. The van der Waals surface area contributed by atoms with E-state index in [4.69, 9.17) is 19.9 Å². The molecule has 1 atom stereocenters. The summed E-state index contributed by atoms with van der Waals surface area (Å²) in [6.07, 6.45) is 0. The van der Waals surface area contributed by atoms with Crippen LogP contribution in [-0.4, -0.2) is 87.5 Å². The van der Waals surface area contributed by atoms with Gasteiger partial charge in [-0.25, -0.2) is 0 Å². The summed E-state index contributed by atoms with van der Waals surface area (Å²) in [4.78, 5) is 33.6. The molecule has 0 fully saturated rings. The Balaban J connectivity index is 3.25. The fourth-order valence-electron chi connectivity index (χ4n) is 1.51. The lowest BCUT2D eigenvalue weighted by molar-refractivity contribution is -0.126. The maximum absolute atomic E-state index is 11.4. The van der Waals surface area contributed by atoms with Crippen LogP contribution in [0, 0.1) is 0 Å². The van der Waals surface area contributed by atoms with E-state index in [9.17, 15) is 14.4 Å². The molecule has 0 saturated carbocycles. The summed E-state index contributed by atoms with van der Waals surface area (Å²) in [5.41, 5.74) is 5.36. The van der Waals surface area contributed by atoms with Crippen molar-refractivity contribution < 1.29 is 28.6 Å². The second-order valence-electron chi connectivity index (χ2n) is 5.18. The first-order valence-corrected chi connectivity index (χ1v) is 9.85. The van der Waals surface area contributed by atoms with Crippen molar-refractivity contribution >= 4 is 40.3 Å². The SMILES string of the molecule is C[C@@H](N)C(=O)NCC(=O)NCCOCCOCCOCCNC(=O)CI. The summed E-state index contributed by atoms with van der Waals surface area (Å²) in [7, 11) is 0. The molecule has 0 saturated heterocycles. The second kappa shape index (κ2) is 17.4. The molecule has 152 valence electrons. The van der Waals surface area contributed by atoms with Crippen LogP contribution in [0.25, 0.3) is 0 Å². The third-order valence-electron chi connectivity index (χ3n) is 2.84. The van der Waals surface area contributed by atoms with Gasteiger partial charge in [-0.05, 0) is 6.92 Å². The summed E-state index contributed by atoms with van der Waals surface area (Å²) >= 11 is 2.00. The van der Waals surface area contributed by atoms with E-state index in [0.717, 1.165) is 0 Å². The normalized spacial score (nSPS) is 11.7. The molecule has 0 spiro atoms. The van der Waals surface area contributed by atoms with Gasteiger partial charge in [-0.3, -0.25) is 14.4 Å². The number of ether oxygens (including phenoxy) is 3. The number of hydrogen-bond acceptors (Lipinski definition) is 7. The lowest BCUT2D eigenvalue weighted by Crippen LogP contribution is -2.44. The highest BCUT2D eigenvalue weighted by Gasteiger charge is 2.08. The van der Waals surface area contributed by atoms with Crippen LogP contribution in [0.2, 0.25) is 0 Å². The van der Waals surface area contributed by atoms with Crippen LogP contribution in [-0.2, 0) is 28.6 Å². The van der Waals surface area contributed by atoms with E-state index in [0.29, 0.717) is 57.2 Å². The number of alkyl halides is 1. The molecule has 0 aliphatic rings. The monoisotopic (exact) mass is 488 g/mol. The molecule has 0 aromatic heterocycles. The van der Waals surface area contributed by atoms with Crippen molar-refractivity contribution in [3.63, 3.8) is 0 Å². The van der Waals surface area contributed by atoms with Crippen molar-refractivity contribution in [1.29, 1.82) is 0 Å². The first-order valence-electron chi connectivity index (χ1n) is 8.33. The quantitative estimate of drug-likeness (QED) is 0.114. The number of carbonyl (C=O) groups is 3. The van der Waals surface area contributed by atoms with Crippen molar-refractivity contribution in [3.8, 4) is 0 Å². The number of amides is 3. The predicted octanol–water partition coefficient (Wildman–Crippen LogP) is -1.83. The number of nitrogens with one attached hydrogen (secondary N) is 3. The Hall–Kier alpha value is -1.02. The Morgan fingerprint density at radius 2 is 1.31 bits per heavy atom. The van der Waals surface area contributed by atoms with Gasteiger partial charge in [-0.15, -0.1) is 0 Å². The van der Waals surface area contributed by atoms with Crippen LogP contribution in [0.1, 0.15) is 6.92 Å². The van der Waals surface area contributed by atoms with Crippen LogP contribution in [0.3, 0.4) is 0 Å². The van der Waals surface area contributed by atoms with Crippen LogP contribution in [0.15, 0.2) is 0 Å². The zero-order chi connectivity index (χ0) is 19.6. The topological polar surface area (TPSA) is 141 Å². The van der Waals surface area contributed by atoms with Crippen molar-refractivity contribution in [1.82, 2.24) is 16.0 Å². The van der Waals surface area contributed by atoms with E-state index >= 15 is 0 Å². The fraction of sp³-hybridized carbons (Fsp3) is 0.800. The van der Waals surface area contributed by atoms with Gasteiger partial charge in [0.05, 0.1) is 56.7 Å². The first-order chi connectivity index (χ1) is 12.5. The summed E-state index contributed by atoms with van der Waals surface area (Å²) in [5, 5.41) is 7.72. The number of halogens is 1. The zero-order valence-corrected chi connectivity index (χ0v) is 17.2. The number of nitrogens with two attached hydrogens (primary N) is 1. The molecule has 0 rings (SSSR count).